The number of anilines is 1. The molecule has 0 atom stereocenters. The van der Waals surface area contributed by atoms with Crippen molar-refractivity contribution in [3.05, 3.63) is 24.7 Å². The fourth-order valence-electron chi connectivity index (χ4n) is 3.30. The molecule has 1 aliphatic rings. The monoisotopic (exact) mass is 288 g/mol. The molecular weight excluding hydrogens is 268 g/mol. The maximum Gasteiger partial charge on any atom is 0.303 e. The first kappa shape index (κ1) is 13.9. The van der Waals surface area contributed by atoms with E-state index in [0.717, 1.165) is 37.0 Å². The van der Waals surface area contributed by atoms with E-state index in [4.69, 9.17) is 0 Å². The summed E-state index contributed by atoms with van der Waals surface area (Å²) in [6, 6.07) is 1.90. The Morgan fingerprint density at radius 1 is 1.33 bits per heavy atom. The van der Waals surface area contributed by atoms with E-state index in [9.17, 15) is 9.90 Å². The smallest absolute Gasteiger partial charge is 0.303 e. The molecule has 0 aromatic carbocycles. The van der Waals surface area contributed by atoms with Gasteiger partial charge in [0.25, 0.3) is 0 Å². The number of fused-ring (bicyclic) bond motifs is 1. The SMILES string of the molecule is O=C(O)CC1(CNc2nccn3nccc23)CCCCC1. The van der Waals surface area contributed by atoms with Crippen molar-refractivity contribution < 1.29 is 9.90 Å². The summed E-state index contributed by atoms with van der Waals surface area (Å²) in [7, 11) is 0. The van der Waals surface area contributed by atoms with Crippen molar-refractivity contribution >= 4 is 17.3 Å². The molecule has 0 radical (unpaired) electrons. The largest absolute Gasteiger partial charge is 0.481 e. The molecule has 0 bridgehead atoms. The first-order valence-corrected chi connectivity index (χ1v) is 7.43. The van der Waals surface area contributed by atoms with E-state index in [-0.39, 0.29) is 11.8 Å². The number of aliphatic carboxylic acids is 1. The second-order valence-electron chi connectivity index (χ2n) is 5.92. The molecule has 6 heteroatoms. The summed E-state index contributed by atoms with van der Waals surface area (Å²) in [6.07, 6.45) is 10.8. The zero-order valence-electron chi connectivity index (χ0n) is 12.0. The van der Waals surface area contributed by atoms with Gasteiger partial charge in [0.2, 0.25) is 0 Å². The van der Waals surface area contributed by atoms with Crippen LogP contribution in [0.25, 0.3) is 5.52 Å². The van der Waals surface area contributed by atoms with E-state index in [1.54, 1.807) is 23.1 Å². The normalized spacial score (nSPS) is 17.7. The molecule has 1 fully saturated rings. The number of carbonyl (C=O) groups is 1. The Hall–Kier alpha value is -2.11. The average Bonchev–Trinajstić information content (AvgIpc) is 2.94. The highest BCUT2D eigenvalue weighted by atomic mass is 16.4. The van der Waals surface area contributed by atoms with E-state index in [2.05, 4.69) is 15.4 Å². The number of rotatable bonds is 5. The van der Waals surface area contributed by atoms with Crippen LogP contribution in [-0.2, 0) is 4.79 Å². The predicted octanol–water partition coefficient (Wildman–Crippen LogP) is 2.57. The molecule has 0 aliphatic heterocycles. The quantitative estimate of drug-likeness (QED) is 0.884. The van der Waals surface area contributed by atoms with Gasteiger partial charge in [-0.1, -0.05) is 19.3 Å². The minimum absolute atomic E-state index is 0.154. The highest BCUT2D eigenvalue weighted by molar-refractivity contribution is 5.69. The first-order chi connectivity index (χ1) is 10.2. The van der Waals surface area contributed by atoms with Gasteiger partial charge < -0.3 is 10.4 Å². The second kappa shape index (κ2) is 5.71. The molecule has 3 rings (SSSR count). The third kappa shape index (κ3) is 2.99. The summed E-state index contributed by atoms with van der Waals surface area (Å²) < 4.78 is 1.76. The van der Waals surface area contributed by atoms with E-state index in [1.165, 1.54) is 6.42 Å². The second-order valence-corrected chi connectivity index (χ2v) is 5.92. The van der Waals surface area contributed by atoms with Gasteiger partial charge in [-0.25, -0.2) is 9.50 Å². The van der Waals surface area contributed by atoms with Crippen LogP contribution in [0.3, 0.4) is 0 Å². The lowest BCUT2D eigenvalue weighted by atomic mass is 9.71. The van der Waals surface area contributed by atoms with Crippen LogP contribution < -0.4 is 5.32 Å². The molecule has 2 aromatic heterocycles. The van der Waals surface area contributed by atoms with Crippen molar-refractivity contribution in [2.24, 2.45) is 5.41 Å². The van der Waals surface area contributed by atoms with Crippen LogP contribution >= 0.6 is 0 Å². The third-order valence-corrected chi connectivity index (χ3v) is 4.40. The molecule has 0 unspecified atom stereocenters. The molecule has 2 heterocycles. The van der Waals surface area contributed by atoms with Crippen LogP contribution in [0.5, 0.6) is 0 Å². The summed E-state index contributed by atoms with van der Waals surface area (Å²) in [5.41, 5.74) is 0.761. The van der Waals surface area contributed by atoms with Crippen LogP contribution in [0.15, 0.2) is 24.7 Å². The molecule has 2 N–H and O–H groups in total. The van der Waals surface area contributed by atoms with Crippen molar-refractivity contribution in [2.75, 3.05) is 11.9 Å². The summed E-state index contributed by atoms with van der Waals surface area (Å²) in [5.74, 6) is 0.0551. The van der Waals surface area contributed by atoms with Gasteiger partial charge in [-0.15, -0.1) is 0 Å². The van der Waals surface area contributed by atoms with Gasteiger partial charge in [-0.2, -0.15) is 5.10 Å². The molecular formula is C15H20N4O2. The average molecular weight is 288 g/mol. The number of hydrogen-bond acceptors (Lipinski definition) is 4. The van der Waals surface area contributed by atoms with Gasteiger partial charge in [-0.05, 0) is 24.3 Å². The van der Waals surface area contributed by atoms with Crippen molar-refractivity contribution in [3.63, 3.8) is 0 Å². The van der Waals surface area contributed by atoms with Crippen LogP contribution in [0, 0.1) is 5.41 Å². The standard InChI is InChI=1S/C15H20N4O2/c20-13(21)10-15(5-2-1-3-6-15)11-17-14-12-4-7-18-19(12)9-8-16-14/h4,7-9H,1-3,5-6,10-11H2,(H,16,17)(H,20,21). The van der Waals surface area contributed by atoms with Gasteiger partial charge in [0.15, 0.2) is 5.82 Å². The Kier molecular flexibility index (Phi) is 3.77. The summed E-state index contributed by atoms with van der Waals surface area (Å²) in [6.45, 7) is 0.650. The van der Waals surface area contributed by atoms with Crippen molar-refractivity contribution in [3.8, 4) is 0 Å². The number of carboxylic acids is 1. The summed E-state index contributed by atoms with van der Waals surface area (Å²) in [5, 5.41) is 16.7. The van der Waals surface area contributed by atoms with Crippen LogP contribution in [-0.4, -0.2) is 32.2 Å². The van der Waals surface area contributed by atoms with E-state index < -0.39 is 5.97 Å². The number of hydrogen-bond donors (Lipinski definition) is 2. The van der Waals surface area contributed by atoms with Crippen molar-refractivity contribution in [1.29, 1.82) is 0 Å². The Morgan fingerprint density at radius 3 is 2.90 bits per heavy atom. The maximum atomic E-state index is 11.2. The van der Waals surface area contributed by atoms with Gasteiger partial charge >= 0.3 is 5.97 Å². The molecule has 0 amide bonds. The van der Waals surface area contributed by atoms with Crippen molar-refractivity contribution in [2.45, 2.75) is 38.5 Å². The van der Waals surface area contributed by atoms with Gasteiger partial charge in [-0.3, -0.25) is 4.79 Å². The molecule has 6 nitrogen and oxygen atoms in total. The number of nitrogens with zero attached hydrogens (tertiary/aromatic N) is 3. The summed E-state index contributed by atoms with van der Waals surface area (Å²) in [4.78, 5) is 15.6. The predicted molar refractivity (Wildman–Crippen MR) is 79.2 cm³/mol. The van der Waals surface area contributed by atoms with Crippen molar-refractivity contribution in [1.82, 2.24) is 14.6 Å². The third-order valence-electron chi connectivity index (χ3n) is 4.40. The van der Waals surface area contributed by atoms with E-state index in [1.807, 2.05) is 6.07 Å². The van der Waals surface area contributed by atoms with E-state index >= 15 is 0 Å². The minimum atomic E-state index is -0.714. The lowest BCUT2D eigenvalue weighted by Gasteiger charge is -2.36. The Morgan fingerprint density at radius 2 is 2.14 bits per heavy atom. The van der Waals surface area contributed by atoms with Crippen LogP contribution in [0.4, 0.5) is 5.82 Å². The zero-order valence-corrected chi connectivity index (χ0v) is 12.0. The van der Waals surface area contributed by atoms with Crippen LogP contribution in [0.2, 0.25) is 0 Å². The molecule has 1 aliphatic carbocycles. The highest BCUT2D eigenvalue weighted by Gasteiger charge is 2.34. The summed E-state index contributed by atoms with van der Waals surface area (Å²) >= 11 is 0. The molecule has 0 saturated heterocycles. The maximum absolute atomic E-state index is 11.2. The molecule has 0 spiro atoms. The van der Waals surface area contributed by atoms with Gasteiger partial charge in [0.1, 0.15) is 5.52 Å². The number of carboxylic acid groups (broad SMARTS) is 1. The van der Waals surface area contributed by atoms with Crippen LogP contribution in [0.1, 0.15) is 38.5 Å². The Balaban J connectivity index is 1.77. The van der Waals surface area contributed by atoms with Gasteiger partial charge in [0, 0.05) is 18.9 Å². The molecule has 21 heavy (non-hydrogen) atoms. The molecule has 1 saturated carbocycles. The van der Waals surface area contributed by atoms with Gasteiger partial charge in [0.05, 0.1) is 12.6 Å². The fraction of sp³-hybridized carbons (Fsp3) is 0.533. The van der Waals surface area contributed by atoms with E-state index in [0.29, 0.717) is 6.54 Å². The minimum Gasteiger partial charge on any atom is -0.481 e. The molecule has 2 aromatic rings. The Labute approximate surface area is 123 Å². The first-order valence-electron chi connectivity index (χ1n) is 7.43. The number of nitrogens with one attached hydrogen (secondary N) is 1. The topological polar surface area (TPSA) is 79.5 Å². The highest BCUT2D eigenvalue weighted by Crippen LogP contribution is 2.39. The Bertz CT molecular complexity index is 631. The zero-order chi connectivity index (χ0) is 14.7. The lowest BCUT2D eigenvalue weighted by Crippen LogP contribution is -2.34. The fourth-order valence-corrected chi connectivity index (χ4v) is 3.30. The molecule has 112 valence electrons. The number of aromatic nitrogens is 3. The lowest BCUT2D eigenvalue weighted by molar-refractivity contribution is -0.140.